The standard InChI is InChI=1S/C17H18ClFN2/c18-17-7-4-14(19)9-13(17)11-21(16-5-6-16)10-12-2-1-3-15(20)8-12/h1-4,7-9,16H,5-6,10-11,20H2. The minimum Gasteiger partial charge on any atom is -0.399 e. The van der Waals surface area contributed by atoms with E-state index in [0.29, 0.717) is 17.6 Å². The maximum absolute atomic E-state index is 13.4. The van der Waals surface area contributed by atoms with Crippen molar-refractivity contribution in [2.75, 3.05) is 5.73 Å². The molecule has 1 saturated carbocycles. The van der Waals surface area contributed by atoms with Crippen molar-refractivity contribution in [1.82, 2.24) is 4.90 Å². The molecule has 0 unspecified atom stereocenters. The van der Waals surface area contributed by atoms with Crippen molar-refractivity contribution >= 4 is 17.3 Å². The molecule has 1 aliphatic rings. The van der Waals surface area contributed by atoms with Crippen LogP contribution in [0.15, 0.2) is 42.5 Å². The first-order valence-electron chi connectivity index (χ1n) is 7.14. The van der Waals surface area contributed by atoms with Crippen LogP contribution in [-0.4, -0.2) is 10.9 Å². The number of halogens is 2. The summed E-state index contributed by atoms with van der Waals surface area (Å²) in [6, 6.07) is 13.0. The van der Waals surface area contributed by atoms with Gasteiger partial charge in [0.25, 0.3) is 0 Å². The maximum atomic E-state index is 13.4. The summed E-state index contributed by atoms with van der Waals surface area (Å²) in [6.07, 6.45) is 2.38. The Balaban J connectivity index is 1.77. The molecule has 0 radical (unpaired) electrons. The zero-order valence-corrected chi connectivity index (χ0v) is 12.5. The third-order valence-electron chi connectivity index (χ3n) is 3.78. The lowest BCUT2D eigenvalue weighted by atomic mass is 10.1. The van der Waals surface area contributed by atoms with Gasteiger partial charge >= 0.3 is 0 Å². The monoisotopic (exact) mass is 304 g/mol. The fraction of sp³-hybridized carbons (Fsp3) is 0.294. The molecule has 2 aromatic rings. The molecule has 3 rings (SSSR count). The van der Waals surface area contributed by atoms with E-state index in [1.807, 2.05) is 18.2 Å². The fourth-order valence-corrected chi connectivity index (χ4v) is 2.74. The number of rotatable bonds is 5. The van der Waals surface area contributed by atoms with E-state index >= 15 is 0 Å². The lowest BCUT2D eigenvalue weighted by molar-refractivity contribution is 0.245. The lowest BCUT2D eigenvalue weighted by Gasteiger charge is -2.23. The Hall–Kier alpha value is -1.58. The Morgan fingerprint density at radius 2 is 1.95 bits per heavy atom. The highest BCUT2D eigenvalue weighted by molar-refractivity contribution is 6.31. The highest BCUT2D eigenvalue weighted by Crippen LogP contribution is 2.31. The van der Waals surface area contributed by atoms with Gasteiger partial charge in [0.15, 0.2) is 0 Å². The zero-order chi connectivity index (χ0) is 14.8. The second-order valence-corrected chi connectivity index (χ2v) is 6.02. The summed E-state index contributed by atoms with van der Waals surface area (Å²) in [5, 5.41) is 0.620. The van der Waals surface area contributed by atoms with E-state index in [-0.39, 0.29) is 5.82 Å². The summed E-state index contributed by atoms with van der Waals surface area (Å²) in [5.41, 5.74) is 8.62. The molecule has 1 aliphatic carbocycles. The quantitative estimate of drug-likeness (QED) is 0.838. The van der Waals surface area contributed by atoms with Crippen molar-refractivity contribution in [2.45, 2.75) is 32.0 Å². The molecular formula is C17H18ClFN2. The van der Waals surface area contributed by atoms with E-state index in [1.54, 1.807) is 6.07 Å². The second kappa shape index (κ2) is 6.04. The van der Waals surface area contributed by atoms with Crippen LogP contribution in [0.2, 0.25) is 5.02 Å². The van der Waals surface area contributed by atoms with Gasteiger partial charge in [-0.25, -0.2) is 4.39 Å². The Morgan fingerprint density at radius 1 is 1.14 bits per heavy atom. The van der Waals surface area contributed by atoms with E-state index in [2.05, 4.69) is 11.0 Å². The number of benzene rings is 2. The van der Waals surface area contributed by atoms with Crippen LogP contribution in [-0.2, 0) is 13.1 Å². The van der Waals surface area contributed by atoms with Gasteiger partial charge in [-0.15, -0.1) is 0 Å². The maximum Gasteiger partial charge on any atom is 0.123 e. The smallest absolute Gasteiger partial charge is 0.123 e. The zero-order valence-electron chi connectivity index (χ0n) is 11.7. The van der Waals surface area contributed by atoms with Crippen LogP contribution >= 0.6 is 11.6 Å². The van der Waals surface area contributed by atoms with Gasteiger partial charge in [0, 0.05) is 29.8 Å². The largest absolute Gasteiger partial charge is 0.399 e. The van der Waals surface area contributed by atoms with Crippen LogP contribution in [0.3, 0.4) is 0 Å². The normalized spacial score (nSPS) is 14.6. The van der Waals surface area contributed by atoms with E-state index in [4.69, 9.17) is 17.3 Å². The van der Waals surface area contributed by atoms with Gasteiger partial charge in [0.2, 0.25) is 0 Å². The predicted octanol–water partition coefficient (Wildman–Crippen LogP) is 4.23. The van der Waals surface area contributed by atoms with E-state index in [1.165, 1.54) is 30.5 Å². The Bertz CT molecular complexity index is 640. The van der Waals surface area contributed by atoms with E-state index in [0.717, 1.165) is 17.8 Å². The van der Waals surface area contributed by atoms with Crippen LogP contribution in [0.1, 0.15) is 24.0 Å². The molecule has 1 fully saturated rings. The first-order valence-corrected chi connectivity index (χ1v) is 7.52. The van der Waals surface area contributed by atoms with Crippen LogP contribution in [0.5, 0.6) is 0 Å². The molecule has 0 atom stereocenters. The van der Waals surface area contributed by atoms with Crippen LogP contribution in [0.25, 0.3) is 0 Å². The minimum absolute atomic E-state index is 0.242. The van der Waals surface area contributed by atoms with E-state index < -0.39 is 0 Å². The average Bonchev–Trinajstić information content (AvgIpc) is 3.27. The summed E-state index contributed by atoms with van der Waals surface area (Å²) in [7, 11) is 0. The van der Waals surface area contributed by atoms with Gasteiger partial charge in [0.05, 0.1) is 0 Å². The van der Waals surface area contributed by atoms with Gasteiger partial charge in [-0.2, -0.15) is 0 Å². The summed E-state index contributed by atoms with van der Waals surface area (Å²) in [5.74, 6) is -0.242. The van der Waals surface area contributed by atoms with Crippen molar-refractivity contribution in [3.05, 3.63) is 64.4 Å². The first-order chi connectivity index (χ1) is 10.1. The third kappa shape index (κ3) is 3.74. The number of nitrogens with zero attached hydrogens (tertiary/aromatic N) is 1. The minimum atomic E-state index is -0.242. The number of nitrogens with two attached hydrogens (primary N) is 1. The van der Waals surface area contributed by atoms with Gasteiger partial charge < -0.3 is 5.73 Å². The Kier molecular flexibility index (Phi) is 4.13. The first kappa shape index (κ1) is 14.4. The van der Waals surface area contributed by atoms with Gasteiger partial charge in [0.1, 0.15) is 5.82 Å². The summed E-state index contributed by atoms with van der Waals surface area (Å²) in [4.78, 5) is 2.34. The SMILES string of the molecule is Nc1cccc(CN(Cc2cc(F)ccc2Cl)C2CC2)c1. The molecule has 4 heteroatoms. The van der Waals surface area contributed by atoms with Crippen molar-refractivity contribution < 1.29 is 4.39 Å². The van der Waals surface area contributed by atoms with E-state index in [9.17, 15) is 4.39 Å². The third-order valence-corrected chi connectivity index (χ3v) is 4.15. The molecule has 0 heterocycles. The van der Waals surface area contributed by atoms with Crippen molar-refractivity contribution in [1.29, 1.82) is 0 Å². The number of hydrogen-bond acceptors (Lipinski definition) is 2. The molecular weight excluding hydrogens is 287 g/mol. The van der Waals surface area contributed by atoms with Crippen molar-refractivity contribution in [2.24, 2.45) is 0 Å². The molecule has 110 valence electrons. The molecule has 0 aliphatic heterocycles. The summed E-state index contributed by atoms with van der Waals surface area (Å²) < 4.78 is 13.4. The summed E-state index contributed by atoms with van der Waals surface area (Å²) >= 11 is 6.18. The van der Waals surface area contributed by atoms with Crippen LogP contribution < -0.4 is 5.73 Å². The molecule has 0 spiro atoms. The lowest BCUT2D eigenvalue weighted by Crippen LogP contribution is -2.25. The Labute approximate surface area is 129 Å². The molecule has 2 aromatic carbocycles. The van der Waals surface area contributed by atoms with Crippen molar-refractivity contribution in [3.63, 3.8) is 0 Å². The fourth-order valence-electron chi connectivity index (χ4n) is 2.56. The molecule has 0 amide bonds. The number of anilines is 1. The highest BCUT2D eigenvalue weighted by Gasteiger charge is 2.29. The molecule has 0 aromatic heterocycles. The topological polar surface area (TPSA) is 29.3 Å². The molecule has 2 nitrogen and oxygen atoms in total. The van der Waals surface area contributed by atoms with Gasteiger partial charge in [-0.1, -0.05) is 23.7 Å². The molecule has 2 N–H and O–H groups in total. The van der Waals surface area contributed by atoms with Crippen molar-refractivity contribution in [3.8, 4) is 0 Å². The van der Waals surface area contributed by atoms with Gasteiger partial charge in [-0.3, -0.25) is 4.90 Å². The predicted molar refractivity (Wildman–Crippen MR) is 84.5 cm³/mol. The van der Waals surface area contributed by atoms with Crippen LogP contribution in [0.4, 0.5) is 10.1 Å². The second-order valence-electron chi connectivity index (χ2n) is 5.62. The molecule has 21 heavy (non-hydrogen) atoms. The summed E-state index contributed by atoms with van der Waals surface area (Å²) in [6.45, 7) is 1.47. The number of hydrogen-bond donors (Lipinski definition) is 1. The molecule has 0 saturated heterocycles. The Morgan fingerprint density at radius 3 is 2.67 bits per heavy atom. The van der Waals surface area contributed by atoms with Crippen LogP contribution in [0, 0.1) is 5.82 Å². The highest BCUT2D eigenvalue weighted by atomic mass is 35.5. The van der Waals surface area contributed by atoms with Gasteiger partial charge in [-0.05, 0) is 54.3 Å². The average molecular weight is 305 g/mol. The number of nitrogen functional groups attached to an aromatic ring is 1. The molecule has 0 bridgehead atoms.